The second-order valence-electron chi connectivity index (χ2n) is 7.52. The molecular weight excluding hydrogens is 447 g/mol. The third-order valence-electron chi connectivity index (χ3n) is 5.28. The molecule has 0 bridgehead atoms. The van der Waals surface area contributed by atoms with Crippen LogP contribution in [0.15, 0.2) is 67.0 Å². The summed E-state index contributed by atoms with van der Waals surface area (Å²) in [6.07, 6.45) is -0.887. The number of aromatic amines is 1. The number of aromatic nitrogens is 4. The Morgan fingerprint density at radius 3 is 2.62 bits per heavy atom. The smallest absolute Gasteiger partial charge is 0.416 e. The molecule has 4 aromatic rings. The van der Waals surface area contributed by atoms with Gasteiger partial charge in [-0.25, -0.2) is 9.67 Å². The number of halogens is 3. The molecule has 4 rings (SSSR count). The van der Waals surface area contributed by atoms with E-state index in [1.807, 2.05) is 37.3 Å². The topological polar surface area (TPSA) is 84.8 Å². The SMILES string of the molecule is CCC(NC(=O)c1nn(-c2cccc(C(F)(F)F)c2)cc1OC)c1ncc(-c2ccccc2)[nH]1. The lowest BCUT2D eigenvalue weighted by atomic mass is 10.2. The van der Waals surface area contributed by atoms with Gasteiger partial charge in [-0.2, -0.15) is 18.3 Å². The number of rotatable bonds is 7. The van der Waals surface area contributed by atoms with Gasteiger partial charge in [0.2, 0.25) is 0 Å². The number of hydrogen-bond acceptors (Lipinski definition) is 4. The molecule has 0 saturated heterocycles. The highest BCUT2D eigenvalue weighted by atomic mass is 19.4. The number of benzene rings is 2. The predicted molar refractivity (Wildman–Crippen MR) is 120 cm³/mol. The molecule has 1 unspecified atom stereocenters. The van der Waals surface area contributed by atoms with Crippen LogP contribution in [0.5, 0.6) is 5.75 Å². The van der Waals surface area contributed by atoms with Crippen LogP contribution in [0.2, 0.25) is 0 Å². The summed E-state index contributed by atoms with van der Waals surface area (Å²) in [5.74, 6) is 0.173. The number of H-pyrrole nitrogens is 1. The molecule has 0 saturated carbocycles. The molecule has 1 atom stereocenters. The Balaban J connectivity index is 1.57. The number of ether oxygens (including phenoxy) is 1. The van der Waals surface area contributed by atoms with Crippen LogP contribution in [0, 0.1) is 0 Å². The number of nitrogens with one attached hydrogen (secondary N) is 2. The van der Waals surface area contributed by atoms with Crippen LogP contribution in [0.1, 0.15) is 41.3 Å². The van der Waals surface area contributed by atoms with E-state index in [4.69, 9.17) is 4.74 Å². The molecule has 10 heteroatoms. The molecule has 2 heterocycles. The third-order valence-corrected chi connectivity index (χ3v) is 5.28. The molecule has 2 N–H and O–H groups in total. The van der Waals surface area contributed by atoms with Gasteiger partial charge in [0, 0.05) is 0 Å². The maximum atomic E-state index is 13.1. The fourth-order valence-corrected chi connectivity index (χ4v) is 3.49. The molecule has 2 aromatic heterocycles. The van der Waals surface area contributed by atoms with Gasteiger partial charge in [-0.1, -0.05) is 43.3 Å². The van der Waals surface area contributed by atoms with Crippen molar-refractivity contribution >= 4 is 5.91 Å². The van der Waals surface area contributed by atoms with Crippen molar-refractivity contribution in [2.75, 3.05) is 7.11 Å². The normalized spacial score (nSPS) is 12.4. The van der Waals surface area contributed by atoms with E-state index in [9.17, 15) is 18.0 Å². The summed E-state index contributed by atoms with van der Waals surface area (Å²) in [5, 5.41) is 7.06. The minimum atomic E-state index is -4.50. The largest absolute Gasteiger partial charge is 0.493 e. The van der Waals surface area contributed by atoms with E-state index in [1.165, 1.54) is 30.1 Å². The minimum Gasteiger partial charge on any atom is -0.493 e. The van der Waals surface area contributed by atoms with Crippen LogP contribution >= 0.6 is 0 Å². The first kappa shape index (κ1) is 23.1. The summed E-state index contributed by atoms with van der Waals surface area (Å²) < 4.78 is 45.7. The van der Waals surface area contributed by atoms with Gasteiger partial charge in [0.1, 0.15) is 5.82 Å². The monoisotopic (exact) mass is 469 g/mol. The van der Waals surface area contributed by atoms with Crippen LogP contribution in [-0.4, -0.2) is 32.8 Å². The zero-order chi connectivity index (χ0) is 24.3. The van der Waals surface area contributed by atoms with Crippen molar-refractivity contribution in [2.45, 2.75) is 25.6 Å². The van der Waals surface area contributed by atoms with Gasteiger partial charge in [0.05, 0.1) is 42.5 Å². The van der Waals surface area contributed by atoms with Crippen LogP contribution in [0.3, 0.4) is 0 Å². The number of nitrogens with zero attached hydrogens (tertiary/aromatic N) is 3. The van der Waals surface area contributed by atoms with Crippen molar-refractivity contribution in [2.24, 2.45) is 0 Å². The quantitative estimate of drug-likeness (QED) is 0.391. The molecular formula is C24H22F3N5O2. The number of imidazole rings is 1. The highest BCUT2D eigenvalue weighted by molar-refractivity contribution is 5.95. The number of amides is 1. The van der Waals surface area contributed by atoms with Crippen molar-refractivity contribution < 1.29 is 22.7 Å². The molecule has 34 heavy (non-hydrogen) atoms. The Kier molecular flexibility index (Phi) is 6.40. The van der Waals surface area contributed by atoms with Gasteiger partial charge < -0.3 is 15.0 Å². The summed E-state index contributed by atoms with van der Waals surface area (Å²) in [5.41, 5.74) is 1.06. The summed E-state index contributed by atoms with van der Waals surface area (Å²) in [4.78, 5) is 20.7. The average molecular weight is 469 g/mol. The molecule has 2 aromatic carbocycles. The van der Waals surface area contributed by atoms with Gasteiger partial charge >= 0.3 is 6.18 Å². The molecule has 0 fully saturated rings. The van der Waals surface area contributed by atoms with Gasteiger partial charge in [0.15, 0.2) is 11.4 Å². The van der Waals surface area contributed by atoms with Crippen LogP contribution in [0.4, 0.5) is 13.2 Å². The summed E-state index contributed by atoms with van der Waals surface area (Å²) >= 11 is 0. The third kappa shape index (κ3) is 4.80. The lowest BCUT2D eigenvalue weighted by Crippen LogP contribution is -2.29. The highest BCUT2D eigenvalue weighted by Gasteiger charge is 2.31. The van der Waals surface area contributed by atoms with Crippen molar-refractivity contribution in [1.29, 1.82) is 0 Å². The van der Waals surface area contributed by atoms with E-state index >= 15 is 0 Å². The second kappa shape index (κ2) is 9.42. The van der Waals surface area contributed by atoms with E-state index in [0.717, 1.165) is 23.4 Å². The van der Waals surface area contributed by atoms with Gasteiger partial charge in [-0.3, -0.25) is 4.79 Å². The maximum Gasteiger partial charge on any atom is 0.416 e. The lowest BCUT2D eigenvalue weighted by Gasteiger charge is -2.14. The van der Waals surface area contributed by atoms with Crippen molar-refractivity contribution in [3.8, 4) is 22.7 Å². The van der Waals surface area contributed by atoms with Crippen LogP contribution < -0.4 is 10.1 Å². The van der Waals surface area contributed by atoms with Gasteiger partial charge in [-0.05, 0) is 30.2 Å². The van der Waals surface area contributed by atoms with Gasteiger partial charge in [0.25, 0.3) is 5.91 Å². The van der Waals surface area contributed by atoms with Crippen molar-refractivity contribution in [3.63, 3.8) is 0 Å². The molecule has 176 valence electrons. The molecule has 7 nitrogen and oxygen atoms in total. The standard InChI is InChI=1S/C24H22F3N5O2/c1-3-18(22-28-13-19(29-22)15-8-5-4-6-9-15)30-23(33)21-20(34-2)14-32(31-21)17-11-7-10-16(12-17)24(25,26)27/h4-14,18H,3H2,1-2H3,(H,28,29)(H,30,33). The molecule has 0 spiro atoms. The molecule has 1 amide bonds. The first-order valence-corrected chi connectivity index (χ1v) is 10.5. The predicted octanol–water partition coefficient (Wildman–Crippen LogP) is 5.17. The molecule has 0 aliphatic carbocycles. The molecule has 0 radical (unpaired) electrons. The van der Waals surface area contributed by atoms with Crippen molar-refractivity contribution in [1.82, 2.24) is 25.1 Å². The number of carbonyl (C=O) groups excluding carboxylic acids is 1. The summed E-state index contributed by atoms with van der Waals surface area (Å²) in [7, 11) is 1.36. The maximum absolute atomic E-state index is 13.1. The minimum absolute atomic E-state index is 0.0480. The second-order valence-corrected chi connectivity index (χ2v) is 7.52. The zero-order valence-corrected chi connectivity index (χ0v) is 18.4. The first-order valence-electron chi connectivity index (χ1n) is 10.5. The molecule has 0 aliphatic heterocycles. The Morgan fingerprint density at radius 1 is 1.18 bits per heavy atom. The van der Waals surface area contributed by atoms with E-state index in [0.29, 0.717) is 12.2 Å². The Labute approximate surface area is 193 Å². The van der Waals surface area contributed by atoms with E-state index in [2.05, 4.69) is 20.4 Å². The number of carbonyl (C=O) groups is 1. The van der Waals surface area contributed by atoms with E-state index in [1.54, 1.807) is 6.20 Å². The van der Waals surface area contributed by atoms with E-state index in [-0.39, 0.29) is 17.1 Å². The number of hydrogen-bond donors (Lipinski definition) is 2. The Bertz CT molecular complexity index is 1280. The van der Waals surface area contributed by atoms with Crippen molar-refractivity contribution in [3.05, 3.63) is 84.1 Å². The number of methoxy groups -OCH3 is 1. The Hall–Kier alpha value is -4.08. The Morgan fingerprint density at radius 2 is 1.94 bits per heavy atom. The van der Waals surface area contributed by atoms with Gasteiger partial charge in [-0.15, -0.1) is 0 Å². The van der Waals surface area contributed by atoms with Crippen LogP contribution in [-0.2, 0) is 6.18 Å². The zero-order valence-electron chi connectivity index (χ0n) is 18.4. The highest BCUT2D eigenvalue weighted by Crippen LogP contribution is 2.31. The summed E-state index contributed by atoms with van der Waals surface area (Å²) in [6, 6.07) is 13.9. The summed E-state index contributed by atoms with van der Waals surface area (Å²) in [6.45, 7) is 1.90. The lowest BCUT2D eigenvalue weighted by molar-refractivity contribution is -0.137. The molecule has 0 aliphatic rings. The average Bonchev–Trinajstić information content (AvgIpc) is 3.50. The fourth-order valence-electron chi connectivity index (χ4n) is 3.49. The van der Waals surface area contributed by atoms with E-state index < -0.39 is 23.7 Å². The fraction of sp³-hybridized carbons (Fsp3) is 0.208. The number of alkyl halides is 3. The first-order chi connectivity index (χ1) is 16.3. The van der Waals surface area contributed by atoms with Crippen LogP contribution in [0.25, 0.3) is 16.9 Å².